The average molecular weight is 228 g/mol. The molecule has 1 aliphatic rings. The predicted octanol–water partition coefficient (Wildman–Crippen LogP) is 3.03. The number of furan rings is 1. The molecule has 0 saturated heterocycles. The quantitative estimate of drug-likeness (QED) is 0.818. The Morgan fingerprint density at radius 3 is 2.53 bits per heavy atom. The summed E-state index contributed by atoms with van der Waals surface area (Å²) in [5.41, 5.74) is 7.75. The summed E-state index contributed by atoms with van der Waals surface area (Å²) < 4.78 is 5.42. The fourth-order valence-corrected chi connectivity index (χ4v) is 2.05. The number of nitrogens with two attached hydrogens (primary N) is 1. The molecular weight excluding hydrogens is 212 g/mol. The molecule has 2 N–H and O–H groups in total. The molecule has 17 heavy (non-hydrogen) atoms. The highest BCUT2D eigenvalue weighted by Gasteiger charge is 2.29. The Bertz CT molecular complexity index is 471. The molecule has 0 bridgehead atoms. The summed E-state index contributed by atoms with van der Waals surface area (Å²) in [5, 5.41) is 0. The maximum Gasteiger partial charge on any atom is 0.123 e. The average Bonchev–Trinajstić information content (AvgIpc) is 3.05. The number of nitrogens with zero attached hydrogens (tertiary/aromatic N) is 1. The first-order valence-corrected chi connectivity index (χ1v) is 5.97. The maximum absolute atomic E-state index is 5.72. The SMILES string of the molecule is Nc1ccc(N(Cc2ccco2)C2CC2)cc1. The maximum atomic E-state index is 5.72. The second-order valence-corrected chi connectivity index (χ2v) is 4.53. The molecule has 1 aromatic heterocycles. The molecule has 0 amide bonds. The van der Waals surface area contributed by atoms with Gasteiger partial charge in [-0.05, 0) is 49.2 Å². The molecule has 0 spiro atoms. The summed E-state index contributed by atoms with van der Waals surface area (Å²) in [6, 6.07) is 12.7. The lowest BCUT2D eigenvalue weighted by Gasteiger charge is -2.23. The zero-order valence-corrected chi connectivity index (χ0v) is 9.67. The van der Waals surface area contributed by atoms with Gasteiger partial charge in [-0.3, -0.25) is 0 Å². The van der Waals surface area contributed by atoms with Crippen LogP contribution in [0.4, 0.5) is 11.4 Å². The zero-order chi connectivity index (χ0) is 11.7. The molecular formula is C14H16N2O. The number of hydrogen-bond donors (Lipinski definition) is 1. The van der Waals surface area contributed by atoms with Crippen LogP contribution in [0.1, 0.15) is 18.6 Å². The lowest BCUT2D eigenvalue weighted by Crippen LogP contribution is -2.24. The van der Waals surface area contributed by atoms with E-state index in [4.69, 9.17) is 10.2 Å². The van der Waals surface area contributed by atoms with Crippen LogP contribution in [-0.4, -0.2) is 6.04 Å². The third-order valence-corrected chi connectivity index (χ3v) is 3.12. The Balaban J connectivity index is 1.82. The topological polar surface area (TPSA) is 42.4 Å². The van der Waals surface area contributed by atoms with Gasteiger partial charge in [0.2, 0.25) is 0 Å². The fourth-order valence-electron chi connectivity index (χ4n) is 2.05. The van der Waals surface area contributed by atoms with Crippen LogP contribution in [0.25, 0.3) is 0 Å². The van der Waals surface area contributed by atoms with Crippen LogP contribution in [-0.2, 0) is 6.54 Å². The first-order chi connectivity index (χ1) is 8.33. The van der Waals surface area contributed by atoms with Crippen molar-refractivity contribution in [1.82, 2.24) is 0 Å². The van der Waals surface area contributed by atoms with Gasteiger partial charge >= 0.3 is 0 Å². The van der Waals surface area contributed by atoms with Gasteiger partial charge in [-0.2, -0.15) is 0 Å². The van der Waals surface area contributed by atoms with E-state index in [-0.39, 0.29) is 0 Å². The summed E-state index contributed by atoms with van der Waals surface area (Å²) in [7, 11) is 0. The van der Waals surface area contributed by atoms with Crippen molar-refractivity contribution in [2.45, 2.75) is 25.4 Å². The standard InChI is InChI=1S/C14H16N2O/c15-11-3-5-12(6-4-11)16(13-7-8-13)10-14-2-1-9-17-14/h1-6,9,13H,7-8,10,15H2. The van der Waals surface area contributed by atoms with Crippen molar-refractivity contribution in [3.8, 4) is 0 Å². The van der Waals surface area contributed by atoms with Gasteiger partial charge in [-0.25, -0.2) is 0 Å². The van der Waals surface area contributed by atoms with Crippen LogP contribution in [0.3, 0.4) is 0 Å². The van der Waals surface area contributed by atoms with Gasteiger partial charge in [0, 0.05) is 17.4 Å². The number of anilines is 2. The van der Waals surface area contributed by atoms with Gasteiger partial charge in [0.1, 0.15) is 5.76 Å². The van der Waals surface area contributed by atoms with Crippen molar-refractivity contribution >= 4 is 11.4 Å². The third-order valence-electron chi connectivity index (χ3n) is 3.12. The molecule has 1 aromatic carbocycles. The lowest BCUT2D eigenvalue weighted by molar-refractivity contribution is 0.501. The van der Waals surface area contributed by atoms with Gasteiger partial charge in [0.25, 0.3) is 0 Å². The minimum Gasteiger partial charge on any atom is -0.467 e. The minimum absolute atomic E-state index is 0.656. The highest BCUT2D eigenvalue weighted by atomic mass is 16.3. The van der Waals surface area contributed by atoms with Crippen LogP contribution in [0.5, 0.6) is 0 Å². The molecule has 0 radical (unpaired) electrons. The Morgan fingerprint density at radius 2 is 1.94 bits per heavy atom. The Labute approximate surface area is 101 Å². The van der Waals surface area contributed by atoms with Gasteiger partial charge in [-0.15, -0.1) is 0 Å². The van der Waals surface area contributed by atoms with Crippen molar-refractivity contribution in [1.29, 1.82) is 0 Å². The third kappa shape index (κ3) is 2.28. The fraction of sp³-hybridized carbons (Fsp3) is 0.286. The molecule has 0 unspecified atom stereocenters. The van der Waals surface area contributed by atoms with Crippen molar-refractivity contribution in [3.05, 3.63) is 48.4 Å². The van der Waals surface area contributed by atoms with Crippen molar-refractivity contribution in [2.24, 2.45) is 0 Å². The molecule has 1 fully saturated rings. The van der Waals surface area contributed by atoms with Gasteiger partial charge in [-0.1, -0.05) is 0 Å². The van der Waals surface area contributed by atoms with Crippen molar-refractivity contribution < 1.29 is 4.42 Å². The molecule has 88 valence electrons. The highest BCUT2D eigenvalue weighted by Crippen LogP contribution is 2.33. The monoisotopic (exact) mass is 228 g/mol. The highest BCUT2D eigenvalue weighted by molar-refractivity contribution is 5.54. The van der Waals surface area contributed by atoms with Crippen LogP contribution in [0, 0.1) is 0 Å². The first kappa shape index (κ1) is 10.3. The van der Waals surface area contributed by atoms with Gasteiger partial charge < -0.3 is 15.1 Å². The zero-order valence-electron chi connectivity index (χ0n) is 9.67. The second-order valence-electron chi connectivity index (χ2n) is 4.53. The summed E-state index contributed by atoms with van der Waals surface area (Å²) in [6.45, 7) is 0.835. The van der Waals surface area contributed by atoms with Crippen LogP contribution < -0.4 is 10.6 Å². The largest absolute Gasteiger partial charge is 0.467 e. The summed E-state index contributed by atoms with van der Waals surface area (Å²) in [4.78, 5) is 2.39. The van der Waals surface area contributed by atoms with E-state index in [2.05, 4.69) is 17.0 Å². The van der Waals surface area contributed by atoms with E-state index >= 15 is 0 Å². The van der Waals surface area contributed by atoms with Crippen LogP contribution >= 0.6 is 0 Å². The predicted molar refractivity (Wildman–Crippen MR) is 68.8 cm³/mol. The van der Waals surface area contributed by atoms with Crippen LogP contribution in [0.2, 0.25) is 0 Å². The minimum atomic E-state index is 0.656. The lowest BCUT2D eigenvalue weighted by atomic mass is 10.2. The molecule has 1 aliphatic carbocycles. The molecule has 1 saturated carbocycles. The normalized spacial score (nSPS) is 14.8. The van der Waals surface area contributed by atoms with Crippen molar-refractivity contribution in [3.63, 3.8) is 0 Å². The number of benzene rings is 1. The Kier molecular flexibility index (Phi) is 2.52. The Hall–Kier alpha value is -1.90. The van der Waals surface area contributed by atoms with Crippen LogP contribution in [0.15, 0.2) is 47.1 Å². The molecule has 1 heterocycles. The summed E-state index contributed by atoms with van der Waals surface area (Å²) in [6.07, 6.45) is 4.26. The summed E-state index contributed by atoms with van der Waals surface area (Å²) >= 11 is 0. The van der Waals surface area contributed by atoms with E-state index in [9.17, 15) is 0 Å². The first-order valence-electron chi connectivity index (χ1n) is 5.97. The van der Waals surface area contributed by atoms with E-state index in [1.54, 1.807) is 6.26 Å². The molecule has 0 aliphatic heterocycles. The summed E-state index contributed by atoms with van der Waals surface area (Å²) in [5.74, 6) is 1.01. The van der Waals surface area contributed by atoms with E-state index in [0.717, 1.165) is 18.0 Å². The van der Waals surface area contributed by atoms with E-state index in [1.165, 1.54) is 18.5 Å². The number of nitrogen functional groups attached to an aromatic ring is 1. The van der Waals surface area contributed by atoms with Gasteiger partial charge in [0.15, 0.2) is 0 Å². The van der Waals surface area contributed by atoms with E-state index < -0.39 is 0 Å². The smallest absolute Gasteiger partial charge is 0.123 e. The van der Waals surface area contributed by atoms with E-state index in [1.807, 2.05) is 24.3 Å². The Morgan fingerprint density at radius 1 is 1.18 bits per heavy atom. The second kappa shape index (κ2) is 4.17. The molecule has 3 nitrogen and oxygen atoms in total. The molecule has 2 aromatic rings. The number of rotatable bonds is 4. The molecule has 0 atom stereocenters. The van der Waals surface area contributed by atoms with E-state index in [0.29, 0.717) is 6.04 Å². The molecule has 3 rings (SSSR count). The molecule has 3 heteroatoms. The number of hydrogen-bond acceptors (Lipinski definition) is 3. The van der Waals surface area contributed by atoms with Crippen molar-refractivity contribution in [2.75, 3.05) is 10.6 Å². The van der Waals surface area contributed by atoms with Gasteiger partial charge in [0.05, 0.1) is 12.8 Å².